The lowest BCUT2D eigenvalue weighted by Crippen LogP contribution is -2.58. The summed E-state index contributed by atoms with van der Waals surface area (Å²) in [4.78, 5) is 49.7. The Labute approximate surface area is 465 Å². The minimum atomic E-state index is -0.816. The average molecular weight is 1090 g/mol. The number of carbonyl (C=O) groups is 2. The molecule has 2 aromatic carbocycles. The molecule has 5 saturated heterocycles. The SMILES string of the molecule is Cc1ncsc1-c1ccc([C@H](C)NC(=O)[C@@H]2C[C@@H](O)CN2C(=O)[C@@H](c2cc(N3CCC4(CC3)CN(C[C@H]3C[C@H](Oc5cc(N6C7CCC6CN(c6cc(-c8ccccc8O)nnc6N)C7)ccn5)C3)CCO4)no2)C(C)C)cc1. The Bertz CT molecular complexity index is 3130. The molecule has 12 rings (SSSR count). The van der Waals surface area contributed by atoms with E-state index in [1.54, 1.807) is 23.5 Å². The van der Waals surface area contributed by atoms with Gasteiger partial charge in [-0.05, 0) is 99.6 Å². The predicted octanol–water partition coefficient (Wildman–Crippen LogP) is 7.21. The Hall–Kier alpha value is -6.87. The number of ether oxygens (including phenoxy) is 2. The number of hydrogen-bond acceptors (Lipinski definition) is 18. The highest BCUT2D eigenvalue weighted by Crippen LogP contribution is 2.42. The van der Waals surface area contributed by atoms with Crippen molar-refractivity contribution >= 4 is 46.2 Å². The molecule has 1 saturated carbocycles. The first-order valence-electron chi connectivity index (χ1n) is 28.2. The lowest BCUT2D eigenvalue weighted by Gasteiger charge is -2.49. The van der Waals surface area contributed by atoms with Gasteiger partial charge < -0.3 is 54.9 Å². The number of fused-ring (bicyclic) bond motifs is 2. The summed E-state index contributed by atoms with van der Waals surface area (Å²) in [6, 6.07) is 22.8. The molecular formula is C59H72N12O7S. The van der Waals surface area contributed by atoms with E-state index in [0.717, 1.165) is 117 Å². The van der Waals surface area contributed by atoms with Crippen LogP contribution < -0.4 is 30.5 Å². The number of β-amino-alcohol motifs (C(OH)–C–C–N with tert-alkyl or cyclic N) is 1. The van der Waals surface area contributed by atoms with Crippen LogP contribution in [0.4, 0.5) is 23.0 Å². The van der Waals surface area contributed by atoms with Crippen LogP contribution in [0.25, 0.3) is 21.7 Å². The van der Waals surface area contributed by atoms with Crippen LogP contribution in [0.1, 0.15) is 94.7 Å². The fourth-order valence-electron chi connectivity index (χ4n) is 13.3. The largest absolute Gasteiger partial charge is 0.507 e. The zero-order chi connectivity index (χ0) is 54.5. The van der Waals surface area contributed by atoms with Crippen LogP contribution in [0, 0.1) is 18.8 Å². The van der Waals surface area contributed by atoms with Crippen molar-refractivity contribution in [2.24, 2.45) is 11.8 Å². The maximum atomic E-state index is 14.5. The van der Waals surface area contributed by atoms with Gasteiger partial charge in [0.1, 0.15) is 23.8 Å². The number of hydrogen-bond donors (Lipinski definition) is 4. The molecule has 0 radical (unpaired) electrons. The first-order valence-corrected chi connectivity index (χ1v) is 29.1. The van der Waals surface area contributed by atoms with Crippen molar-refractivity contribution in [3.05, 3.63) is 102 Å². The molecule has 1 spiro atoms. The highest BCUT2D eigenvalue weighted by molar-refractivity contribution is 7.13. The fourth-order valence-corrected chi connectivity index (χ4v) is 14.1. The number of phenols is 1. The van der Waals surface area contributed by atoms with E-state index in [9.17, 15) is 19.8 Å². The van der Waals surface area contributed by atoms with Crippen LogP contribution in [-0.2, 0) is 14.3 Å². The van der Waals surface area contributed by atoms with Crippen molar-refractivity contribution in [3.8, 4) is 33.3 Å². The number of morpholine rings is 1. The number of phenolic OH excluding ortho intramolecular Hbond substituents is 1. The molecule has 2 amide bonds. The third kappa shape index (κ3) is 10.8. The van der Waals surface area contributed by atoms with Gasteiger partial charge >= 0.3 is 0 Å². The summed E-state index contributed by atoms with van der Waals surface area (Å²) in [6.45, 7) is 14.5. The first-order chi connectivity index (χ1) is 38.2. The number of amides is 2. The molecule has 4 aromatic heterocycles. The number of rotatable bonds is 15. The van der Waals surface area contributed by atoms with Crippen molar-refractivity contribution in [2.75, 3.05) is 79.4 Å². The van der Waals surface area contributed by atoms with E-state index in [-0.39, 0.29) is 54.2 Å². The second-order valence-corrected chi connectivity index (χ2v) is 24.1. The zero-order valence-corrected chi connectivity index (χ0v) is 46.3. The number of thiazole rings is 1. The molecule has 6 atom stereocenters. The van der Waals surface area contributed by atoms with Gasteiger partial charge in [-0.2, -0.15) is 0 Å². The topological polar surface area (TPSA) is 225 Å². The van der Waals surface area contributed by atoms with Crippen LogP contribution >= 0.6 is 11.3 Å². The van der Waals surface area contributed by atoms with Crippen LogP contribution in [0.3, 0.4) is 0 Å². The summed E-state index contributed by atoms with van der Waals surface area (Å²) < 4.78 is 19.1. The number of nitrogen functional groups attached to an aromatic ring is 1. The van der Waals surface area contributed by atoms with E-state index in [2.05, 4.69) is 62.4 Å². The summed E-state index contributed by atoms with van der Waals surface area (Å²) in [7, 11) is 0. The Morgan fingerprint density at radius 3 is 2.43 bits per heavy atom. The number of piperidine rings is 1. The van der Waals surface area contributed by atoms with Crippen molar-refractivity contribution in [1.29, 1.82) is 0 Å². The molecule has 6 aliphatic rings. The Balaban J connectivity index is 0.608. The van der Waals surface area contributed by atoms with Crippen molar-refractivity contribution in [3.63, 3.8) is 0 Å². The van der Waals surface area contributed by atoms with E-state index in [1.807, 2.05) is 87.9 Å². The van der Waals surface area contributed by atoms with Crippen LogP contribution in [-0.4, -0.2) is 152 Å². The van der Waals surface area contributed by atoms with Crippen LogP contribution in [0.2, 0.25) is 0 Å². The van der Waals surface area contributed by atoms with Crippen molar-refractivity contribution in [1.82, 2.24) is 40.4 Å². The van der Waals surface area contributed by atoms with E-state index in [1.165, 1.54) is 4.90 Å². The summed E-state index contributed by atoms with van der Waals surface area (Å²) >= 11 is 1.60. The number of aromatic nitrogens is 5. The van der Waals surface area contributed by atoms with Gasteiger partial charge in [-0.15, -0.1) is 21.5 Å². The number of carbonyl (C=O) groups excluding carboxylic acids is 2. The molecule has 79 heavy (non-hydrogen) atoms. The maximum Gasteiger partial charge on any atom is 0.243 e. The molecule has 1 aliphatic carbocycles. The highest BCUT2D eigenvalue weighted by Gasteiger charge is 2.46. The number of anilines is 4. The van der Waals surface area contributed by atoms with Crippen molar-refractivity contribution < 1.29 is 33.8 Å². The number of aryl methyl sites for hydroxylation is 1. The monoisotopic (exact) mass is 1090 g/mol. The number of pyridine rings is 1. The normalized spacial score (nSPS) is 24.7. The first kappa shape index (κ1) is 52.8. The highest BCUT2D eigenvalue weighted by atomic mass is 32.1. The Kier molecular flexibility index (Phi) is 14.7. The second-order valence-electron chi connectivity index (χ2n) is 23.2. The number of aromatic hydroxyl groups is 1. The maximum absolute atomic E-state index is 14.5. The molecule has 2 unspecified atom stereocenters. The molecule has 416 valence electrons. The van der Waals surface area contributed by atoms with Gasteiger partial charge in [0.05, 0.1) is 51.8 Å². The third-order valence-corrected chi connectivity index (χ3v) is 18.5. The number of piperazine rings is 1. The summed E-state index contributed by atoms with van der Waals surface area (Å²) in [5.74, 6) is 1.54. The molecular weight excluding hydrogens is 1020 g/mol. The van der Waals surface area contributed by atoms with Gasteiger partial charge in [-0.1, -0.05) is 55.4 Å². The number of benzene rings is 2. The minimum Gasteiger partial charge on any atom is -0.507 e. The molecule has 9 heterocycles. The number of aliphatic hydroxyl groups is 1. The number of aliphatic hydroxyl groups excluding tert-OH is 1. The van der Waals surface area contributed by atoms with E-state index < -0.39 is 18.1 Å². The van der Waals surface area contributed by atoms with Gasteiger partial charge in [0.2, 0.25) is 17.7 Å². The van der Waals surface area contributed by atoms with E-state index in [4.69, 9.17) is 19.7 Å². The minimum absolute atomic E-state index is 0.0714. The van der Waals surface area contributed by atoms with Gasteiger partial charge in [0.25, 0.3) is 0 Å². The quantitative estimate of drug-likeness (QED) is 0.0797. The van der Waals surface area contributed by atoms with E-state index >= 15 is 0 Å². The molecule has 20 heteroatoms. The number of nitrogens with zero attached hydrogens (tertiary/aromatic N) is 10. The average Bonchev–Trinajstić information content (AvgIpc) is 4.43. The lowest BCUT2D eigenvalue weighted by molar-refractivity contribution is -0.141. The second kappa shape index (κ2) is 22.0. The molecule has 6 fully saturated rings. The molecule has 2 bridgehead atoms. The van der Waals surface area contributed by atoms with Crippen LogP contribution in [0.15, 0.2) is 89.0 Å². The van der Waals surface area contributed by atoms with Gasteiger partial charge in [0.15, 0.2) is 17.4 Å². The number of nitrogens with two attached hydrogens (primary N) is 1. The lowest BCUT2D eigenvalue weighted by atomic mass is 9.81. The fraction of sp³-hybridized carbons (Fsp3) is 0.508. The summed E-state index contributed by atoms with van der Waals surface area (Å²) in [6.07, 6.45) is 7.16. The third-order valence-electron chi connectivity index (χ3n) is 17.5. The zero-order valence-electron chi connectivity index (χ0n) is 45.5. The number of nitrogens with one attached hydrogen (secondary N) is 1. The number of para-hydroxylation sites is 1. The Morgan fingerprint density at radius 2 is 1.70 bits per heavy atom. The smallest absolute Gasteiger partial charge is 0.243 e. The number of likely N-dealkylation sites (tertiary alicyclic amines) is 1. The Morgan fingerprint density at radius 1 is 0.924 bits per heavy atom. The van der Waals surface area contributed by atoms with Crippen molar-refractivity contribution in [2.45, 2.75) is 121 Å². The van der Waals surface area contributed by atoms with Gasteiger partial charge in [0, 0.05) is 100 Å². The molecule has 5 N–H and O–H groups in total. The predicted molar refractivity (Wildman–Crippen MR) is 302 cm³/mol. The molecule has 19 nitrogen and oxygen atoms in total. The standard InChI is InChI=1S/C59H72N12O7S/c1-35(2)54(58(75)70-32-44(72)26-49(70)57(74)63-36(3)39-9-11-40(12-10-39)55-37(4)62-34-79-55)51-28-52(66-78-51)68-19-16-59(17-20-68)33-67(21-22-76-59)29-38-23-45(24-38)77-53-25-41(15-18-61-53)71-42-13-14-43(71)31-69(30-42)48-27-47(64-65-56(48)60)46-7-5-6-8-50(46)73/h5-12,15,18,25,27-28,34-36,38,42-45,49,54,72-73H,13-14,16-17,19-24,26,29-33H2,1-4H3,(H2,60,65)(H,63,74)/t36-,38-,42?,43?,44+,45-,49-,54+/m0/s1. The van der Waals surface area contributed by atoms with E-state index in [0.29, 0.717) is 59.1 Å². The summed E-state index contributed by atoms with van der Waals surface area (Å²) in [5, 5.41) is 37.5. The molecule has 5 aliphatic heterocycles. The molecule has 6 aromatic rings. The van der Waals surface area contributed by atoms with Gasteiger partial charge in [-0.3, -0.25) is 14.5 Å². The summed E-state index contributed by atoms with van der Waals surface area (Å²) in [5.41, 5.74) is 14.2. The van der Waals surface area contributed by atoms with Gasteiger partial charge in [-0.25, -0.2) is 9.97 Å². The van der Waals surface area contributed by atoms with Crippen LogP contribution in [0.5, 0.6) is 11.6 Å².